The summed E-state index contributed by atoms with van der Waals surface area (Å²) >= 11 is 0. The van der Waals surface area contributed by atoms with E-state index in [4.69, 9.17) is 5.73 Å². The number of nitrogens with two attached hydrogens (primary N) is 1. The Balaban J connectivity index is 0.00000385. The van der Waals surface area contributed by atoms with Crippen LogP contribution in [0.4, 0.5) is 38.1 Å². The van der Waals surface area contributed by atoms with Gasteiger partial charge in [-0.1, -0.05) is 0 Å². The lowest BCUT2D eigenvalue weighted by molar-refractivity contribution is -0.143. The van der Waals surface area contributed by atoms with Gasteiger partial charge in [-0.2, -0.15) is 31.3 Å². The molecular formula is C20H22ClF6N5O. The maximum absolute atomic E-state index is 13.0. The van der Waals surface area contributed by atoms with Crippen LogP contribution >= 0.6 is 12.4 Å². The van der Waals surface area contributed by atoms with Crippen LogP contribution in [0.1, 0.15) is 52.7 Å². The molecule has 1 saturated carbocycles. The summed E-state index contributed by atoms with van der Waals surface area (Å²) in [5.41, 5.74) is 2.76. The van der Waals surface area contributed by atoms with E-state index in [2.05, 4.69) is 20.6 Å². The number of anilines is 2. The highest BCUT2D eigenvalue weighted by molar-refractivity contribution is 5.94. The van der Waals surface area contributed by atoms with Crippen molar-refractivity contribution < 1.29 is 31.1 Å². The second-order valence-corrected chi connectivity index (χ2v) is 7.72. The van der Waals surface area contributed by atoms with Crippen LogP contribution in [0.25, 0.3) is 0 Å². The standard InChI is InChI=1S/C20H21F6N5O.ClH/c1-10-9-28-18(31-16(10)27)30-15-4-2-14(3-5-15)29-17(32)11-6-12(19(21,22)23)8-13(7-11)20(24,25)26;/h6-9,14-15H,2-5H2,1H3,(H,29,32)(H3,27,28,30,31);1H. The first-order chi connectivity index (χ1) is 14.8. The normalized spacial score (nSPS) is 18.9. The molecule has 1 aromatic heterocycles. The molecule has 1 aliphatic carbocycles. The van der Waals surface area contributed by atoms with E-state index in [0.29, 0.717) is 49.6 Å². The van der Waals surface area contributed by atoms with Gasteiger partial charge in [-0.25, -0.2) is 4.98 Å². The van der Waals surface area contributed by atoms with Crippen molar-refractivity contribution in [3.63, 3.8) is 0 Å². The second-order valence-electron chi connectivity index (χ2n) is 7.72. The van der Waals surface area contributed by atoms with Crippen LogP contribution in [-0.4, -0.2) is 28.0 Å². The highest BCUT2D eigenvalue weighted by Gasteiger charge is 2.37. The van der Waals surface area contributed by atoms with Crippen LogP contribution in [0, 0.1) is 6.92 Å². The first-order valence-corrected chi connectivity index (χ1v) is 9.79. The third-order valence-electron chi connectivity index (χ3n) is 5.26. The number of rotatable bonds is 4. The number of carbonyl (C=O) groups excluding carboxylic acids is 1. The van der Waals surface area contributed by atoms with Crippen molar-refractivity contribution in [1.29, 1.82) is 0 Å². The first kappa shape index (κ1) is 26.5. The minimum absolute atomic E-state index is 0. The Bertz CT molecular complexity index is 958. The number of carbonyl (C=O) groups is 1. The van der Waals surface area contributed by atoms with Gasteiger partial charge in [0.15, 0.2) is 0 Å². The van der Waals surface area contributed by atoms with E-state index >= 15 is 0 Å². The average molecular weight is 498 g/mol. The molecule has 2 aromatic rings. The van der Waals surface area contributed by atoms with Crippen molar-refractivity contribution in [3.8, 4) is 0 Å². The number of amides is 1. The van der Waals surface area contributed by atoms with Crippen LogP contribution in [-0.2, 0) is 12.4 Å². The molecule has 0 bridgehead atoms. The van der Waals surface area contributed by atoms with Gasteiger partial charge in [-0.3, -0.25) is 4.79 Å². The predicted molar refractivity (Wildman–Crippen MR) is 112 cm³/mol. The quantitative estimate of drug-likeness (QED) is 0.518. The zero-order valence-corrected chi connectivity index (χ0v) is 18.2. The van der Waals surface area contributed by atoms with Crippen LogP contribution in [0.15, 0.2) is 24.4 Å². The molecule has 3 rings (SSSR count). The molecule has 0 radical (unpaired) electrons. The second kappa shape index (κ2) is 10.0. The summed E-state index contributed by atoms with van der Waals surface area (Å²) in [6, 6.07) is 0.463. The molecule has 1 amide bonds. The van der Waals surface area contributed by atoms with Gasteiger partial charge in [-0.05, 0) is 50.8 Å². The number of alkyl halides is 6. The molecule has 1 aliphatic rings. The number of aryl methyl sites for hydroxylation is 1. The number of hydrogen-bond acceptors (Lipinski definition) is 5. The Morgan fingerprint density at radius 1 is 0.970 bits per heavy atom. The first-order valence-electron chi connectivity index (χ1n) is 9.79. The summed E-state index contributed by atoms with van der Waals surface area (Å²) in [4.78, 5) is 20.7. The third-order valence-corrected chi connectivity index (χ3v) is 5.26. The van der Waals surface area contributed by atoms with Crippen molar-refractivity contribution in [3.05, 3.63) is 46.6 Å². The molecule has 0 saturated heterocycles. The van der Waals surface area contributed by atoms with Crippen LogP contribution < -0.4 is 16.4 Å². The van der Waals surface area contributed by atoms with E-state index in [1.165, 1.54) is 0 Å². The molecular weight excluding hydrogens is 476 g/mol. The van der Waals surface area contributed by atoms with Gasteiger partial charge < -0.3 is 16.4 Å². The molecule has 13 heteroatoms. The smallest absolute Gasteiger partial charge is 0.383 e. The number of nitrogen functional groups attached to an aromatic ring is 1. The maximum Gasteiger partial charge on any atom is 0.416 e. The number of nitrogens with one attached hydrogen (secondary N) is 2. The van der Waals surface area contributed by atoms with Crippen LogP contribution in [0.5, 0.6) is 0 Å². The average Bonchev–Trinajstić information content (AvgIpc) is 2.70. The topological polar surface area (TPSA) is 92.9 Å². The molecule has 1 heterocycles. The predicted octanol–water partition coefficient (Wildman–Crippen LogP) is 4.98. The summed E-state index contributed by atoms with van der Waals surface area (Å²) in [5.74, 6) is -0.264. The van der Waals surface area contributed by atoms with Crippen molar-refractivity contribution >= 4 is 30.1 Å². The zero-order chi connectivity index (χ0) is 23.7. The summed E-state index contributed by atoms with van der Waals surface area (Å²) in [6.07, 6.45) is -6.29. The molecule has 1 fully saturated rings. The summed E-state index contributed by atoms with van der Waals surface area (Å²) < 4.78 is 78.0. The van der Waals surface area contributed by atoms with Crippen molar-refractivity contribution in [2.75, 3.05) is 11.1 Å². The lowest BCUT2D eigenvalue weighted by Gasteiger charge is -2.29. The minimum atomic E-state index is -5.01. The Hall–Kier alpha value is -2.76. The van der Waals surface area contributed by atoms with Crippen molar-refractivity contribution in [2.24, 2.45) is 0 Å². The van der Waals surface area contributed by atoms with E-state index in [1.807, 2.05) is 0 Å². The Morgan fingerprint density at radius 2 is 1.48 bits per heavy atom. The fraction of sp³-hybridized carbons (Fsp3) is 0.450. The molecule has 6 nitrogen and oxygen atoms in total. The van der Waals surface area contributed by atoms with Gasteiger partial charge in [-0.15, -0.1) is 12.4 Å². The summed E-state index contributed by atoms with van der Waals surface area (Å²) in [7, 11) is 0. The van der Waals surface area contributed by atoms with Gasteiger partial charge in [0.1, 0.15) is 5.82 Å². The molecule has 0 spiro atoms. The fourth-order valence-corrected chi connectivity index (χ4v) is 3.44. The SMILES string of the molecule is Cc1cnc(NC2CCC(NC(=O)c3cc(C(F)(F)F)cc(C(F)(F)F)c3)CC2)nc1N.Cl. The van der Waals surface area contributed by atoms with Gasteiger partial charge >= 0.3 is 12.4 Å². The van der Waals surface area contributed by atoms with Crippen LogP contribution in [0.2, 0.25) is 0 Å². The Morgan fingerprint density at radius 3 is 1.97 bits per heavy atom. The summed E-state index contributed by atoms with van der Waals surface area (Å²) in [5, 5.41) is 5.68. The lowest BCUT2D eigenvalue weighted by atomic mass is 9.91. The van der Waals surface area contributed by atoms with Gasteiger partial charge in [0.05, 0.1) is 11.1 Å². The Labute approximate surface area is 191 Å². The minimum Gasteiger partial charge on any atom is -0.383 e. The molecule has 0 unspecified atom stereocenters. The Kier molecular flexibility index (Phi) is 8.04. The van der Waals surface area contributed by atoms with Gasteiger partial charge in [0, 0.05) is 29.4 Å². The van der Waals surface area contributed by atoms with Gasteiger partial charge in [0.25, 0.3) is 5.91 Å². The van der Waals surface area contributed by atoms with Gasteiger partial charge in [0.2, 0.25) is 5.95 Å². The molecule has 33 heavy (non-hydrogen) atoms. The van der Waals surface area contributed by atoms with E-state index in [-0.39, 0.29) is 30.6 Å². The highest BCUT2D eigenvalue weighted by Crippen LogP contribution is 2.36. The highest BCUT2D eigenvalue weighted by atomic mass is 35.5. The van der Waals surface area contributed by atoms with E-state index in [1.54, 1.807) is 13.1 Å². The fourth-order valence-electron chi connectivity index (χ4n) is 3.44. The number of aromatic nitrogens is 2. The number of nitrogens with zero attached hydrogens (tertiary/aromatic N) is 2. The summed E-state index contributed by atoms with van der Waals surface area (Å²) in [6.45, 7) is 1.77. The molecule has 182 valence electrons. The molecule has 0 aliphatic heterocycles. The zero-order valence-electron chi connectivity index (χ0n) is 17.3. The van der Waals surface area contributed by atoms with E-state index in [9.17, 15) is 31.1 Å². The largest absolute Gasteiger partial charge is 0.416 e. The number of benzene rings is 1. The molecule has 0 atom stereocenters. The monoisotopic (exact) mass is 497 g/mol. The number of halogens is 7. The van der Waals surface area contributed by atoms with Crippen LogP contribution in [0.3, 0.4) is 0 Å². The van der Waals surface area contributed by atoms with Crippen molar-refractivity contribution in [1.82, 2.24) is 15.3 Å². The number of hydrogen-bond donors (Lipinski definition) is 3. The maximum atomic E-state index is 13.0. The molecule has 1 aromatic carbocycles. The molecule has 4 N–H and O–H groups in total. The van der Waals surface area contributed by atoms with E-state index in [0.717, 1.165) is 5.56 Å². The van der Waals surface area contributed by atoms with E-state index < -0.39 is 35.0 Å². The lowest BCUT2D eigenvalue weighted by Crippen LogP contribution is -2.40. The van der Waals surface area contributed by atoms with Crippen molar-refractivity contribution in [2.45, 2.75) is 57.0 Å². The third kappa shape index (κ3) is 6.86.